The van der Waals surface area contributed by atoms with Crippen LogP contribution in [-0.2, 0) is 14.3 Å². The molecule has 2 amide bonds. The van der Waals surface area contributed by atoms with Crippen molar-refractivity contribution in [2.45, 2.75) is 0 Å². The fraction of sp³-hybridized carbons (Fsp3) is 0.417. The van der Waals surface area contributed by atoms with Gasteiger partial charge in [0.2, 0.25) is 5.91 Å². The Morgan fingerprint density at radius 1 is 1.45 bits per heavy atom. The van der Waals surface area contributed by atoms with Crippen LogP contribution < -0.4 is 5.32 Å². The predicted molar refractivity (Wildman–Crippen MR) is 67.1 cm³/mol. The third-order valence-electron chi connectivity index (χ3n) is 2.39. The molecule has 1 rings (SSSR count). The molecule has 0 aliphatic heterocycles. The highest BCUT2D eigenvalue weighted by Crippen LogP contribution is 1.99. The van der Waals surface area contributed by atoms with Gasteiger partial charge in [0.1, 0.15) is 6.54 Å². The van der Waals surface area contributed by atoms with Crippen LogP contribution in [0.5, 0.6) is 0 Å². The Morgan fingerprint density at radius 3 is 2.75 bits per heavy atom. The van der Waals surface area contributed by atoms with Crippen LogP contribution in [0.4, 0.5) is 0 Å². The van der Waals surface area contributed by atoms with E-state index in [1.54, 1.807) is 6.07 Å². The minimum absolute atomic E-state index is 0.0828. The highest BCUT2D eigenvalue weighted by atomic mass is 16.5. The number of carboxylic acids is 1. The Hall–Kier alpha value is -2.35. The van der Waals surface area contributed by atoms with Gasteiger partial charge >= 0.3 is 5.97 Å². The molecule has 0 saturated heterocycles. The van der Waals surface area contributed by atoms with Gasteiger partial charge in [-0.15, -0.1) is 0 Å². The van der Waals surface area contributed by atoms with Gasteiger partial charge in [0.05, 0.1) is 19.4 Å². The lowest BCUT2D eigenvalue weighted by Crippen LogP contribution is -2.43. The Morgan fingerprint density at radius 2 is 2.20 bits per heavy atom. The van der Waals surface area contributed by atoms with Gasteiger partial charge in [0.25, 0.3) is 5.91 Å². The molecule has 0 saturated carbocycles. The number of nitrogens with one attached hydrogen (secondary N) is 1. The SMILES string of the molecule is COCCN(CC(=O)O)C(=O)CNC(=O)c1ccco1. The number of methoxy groups -OCH3 is 1. The van der Waals surface area contributed by atoms with E-state index in [0.717, 1.165) is 4.90 Å². The molecule has 0 aliphatic rings. The summed E-state index contributed by atoms with van der Waals surface area (Å²) in [6.45, 7) is -0.404. The second-order valence-corrected chi connectivity index (χ2v) is 3.86. The molecule has 20 heavy (non-hydrogen) atoms. The highest BCUT2D eigenvalue weighted by Gasteiger charge is 2.18. The highest BCUT2D eigenvalue weighted by molar-refractivity contribution is 5.94. The van der Waals surface area contributed by atoms with Crippen molar-refractivity contribution in [3.63, 3.8) is 0 Å². The Labute approximate surface area is 115 Å². The Balaban J connectivity index is 2.48. The van der Waals surface area contributed by atoms with Gasteiger partial charge in [-0.25, -0.2) is 0 Å². The van der Waals surface area contributed by atoms with Gasteiger partial charge in [0.15, 0.2) is 5.76 Å². The summed E-state index contributed by atoms with van der Waals surface area (Å²) in [6, 6.07) is 3.01. The molecule has 2 N–H and O–H groups in total. The number of hydrogen-bond acceptors (Lipinski definition) is 5. The molecule has 0 fully saturated rings. The first-order valence-corrected chi connectivity index (χ1v) is 5.84. The number of nitrogens with zero attached hydrogens (tertiary/aromatic N) is 1. The van der Waals surface area contributed by atoms with Gasteiger partial charge in [-0.3, -0.25) is 14.4 Å². The summed E-state index contributed by atoms with van der Waals surface area (Å²) < 4.78 is 9.67. The molecule has 0 unspecified atom stereocenters. The van der Waals surface area contributed by atoms with Crippen LogP contribution in [0.3, 0.4) is 0 Å². The maximum atomic E-state index is 11.8. The van der Waals surface area contributed by atoms with Crippen molar-refractivity contribution in [3.05, 3.63) is 24.2 Å². The lowest BCUT2D eigenvalue weighted by atomic mass is 10.4. The standard InChI is InChI=1S/C12H16N2O6/c1-19-6-4-14(8-11(16)17)10(15)7-13-12(18)9-3-2-5-20-9/h2-3,5H,4,6-8H2,1H3,(H,13,18)(H,16,17). The van der Waals surface area contributed by atoms with E-state index >= 15 is 0 Å². The molecule has 8 nitrogen and oxygen atoms in total. The average molecular weight is 284 g/mol. The van der Waals surface area contributed by atoms with Crippen LogP contribution in [0.2, 0.25) is 0 Å². The summed E-state index contributed by atoms with van der Waals surface area (Å²) in [4.78, 5) is 35.1. The van der Waals surface area contributed by atoms with Gasteiger partial charge < -0.3 is 24.5 Å². The fourth-order valence-corrected chi connectivity index (χ4v) is 1.42. The first-order valence-electron chi connectivity index (χ1n) is 5.84. The molecule has 0 spiro atoms. The maximum absolute atomic E-state index is 11.8. The van der Waals surface area contributed by atoms with Crippen molar-refractivity contribution in [1.82, 2.24) is 10.2 Å². The molecule has 0 bridgehead atoms. The van der Waals surface area contributed by atoms with Gasteiger partial charge in [-0.1, -0.05) is 0 Å². The minimum Gasteiger partial charge on any atom is -0.480 e. The fourth-order valence-electron chi connectivity index (χ4n) is 1.42. The molecular weight excluding hydrogens is 268 g/mol. The predicted octanol–water partition coefficient (Wildman–Crippen LogP) is -0.431. The average Bonchev–Trinajstić information content (AvgIpc) is 2.94. The number of amides is 2. The van der Waals surface area contributed by atoms with Crippen LogP contribution in [-0.4, -0.2) is 61.1 Å². The Kier molecular flexibility index (Phi) is 6.24. The zero-order valence-corrected chi connectivity index (χ0v) is 11.0. The number of furan rings is 1. The number of rotatable bonds is 8. The number of carbonyl (C=O) groups excluding carboxylic acids is 2. The smallest absolute Gasteiger partial charge is 0.323 e. The van der Waals surface area contributed by atoms with Crippen molar-refractivity contribution < 1.29 is 28.6 Å². The lowest BCUT2D eigenvalue weighted by Gasteiger charge is -2.20. The summed E-state index contributed by atoms with van der Waals surface area (Å²) >= 11 is 0. The molecule has 0 atom stereocenters. The first-order chi connectivity index (χ1) is 9.54. The summed E-state index contributed by atoms with van der Waals surface area (Å²) in [5, 5.41) is 11.1. The minimum atomic E-state index is -1.13. The number of ether oxygens (including phenoxy) is 1. The normalized spacial score (nSPS) is 10.1. The van der Waals surface area contributed by atoms with E-state index in [0.29, 0.717) is 0 Å². The van der Waals surface area contributed by atoms with Crippen molar-refractivity contribution in [2.24, 2.45) is 0 Å². The molecule has 1 aromatic rings. The van der Waals surface area contributed by atoms with E-state index in [1.165, 1.54) is 19.4 Å². The second-order valence-electron chi connectivity index (χ2n) is 3.86. The van der Waals surface area contributed by atoms with E-state index in [1.807, 2.05) is 0 Å². The second kappa shape index (κ2) is 7.95. The zero-order chi connectivity index (χ0) is 15.0. The third-order valence-corrected chi connectivity index (χ3v) is 2.39. The van der Waals surface area contributed by atoms with Crippen LogP contribution in [0.15, 0.2) is 22.8 Å². The van der Waals surface area contributed by atoms with Crippen molar-refractivity contribution in [1.29, 1.82) is 0 Å². The molecule has 1 aromatic heterocycles. The Bertz CT molecular complexity index is 457. The van der Waals surface area contributed by atoms with Gasteiger partial charge in [-0.2, -0.15) is 0 Å². The van der Waals surface area contributed by atoms with E-state index in [4.69, 9.17) is 14.3 Å². The van der Waals surface area contributed by atoms with E-state index in [-0.39, 0.29) is 25.5 Å². The van der Waals surface area contributed by atoms with Crippen LogP contribution >= 0.6 is 0 Å². The lowest BCUT2D eigenvalue weighted by molar-refractivity contribution is -0.144. The van der Waals surface area contributed by atoms with Gasteiger partial charge in [0, 0.05) is 13.7 Å². The number of aliphatic carboxylic acids is 1. The third kappa shape index (κ3) is 5.11. The topological polar surface area (TPSA) is 109 Å². The first kappa shape index (κ1) is 15.7. The summed E-state index contributed by atoms with van der Waals surface area (Å²) in [6.07, 6.45) is 1.34. The number of carbonyl (C=O) groups is 3. The molecule has 110 valence electrons. The molecular formula is C12H16N2O6. The summed E-state index contributed by atoms with van der Waals surface area (Å²) in [7, 11) is 1.45. The number of carboxylic acid groups (broad SMARTS) is 1. The summed E-state index contributed by atoms with van der Waals surface area (Å²) in [5.74, 6) is -2.10. The van der Waals surface area contributed by atoms with Crippen LogP contribution in [0.1, 0.15) is 10.6 Å². The van der Waals surface area contributed by atoms with E-state index in [9.17, 15) is 14.4 Å². The quantitative estimate of drug-likeness (QED) is 0.670. The van der Waals surface area contributed by atoms with Gasteiger partial charge in [-0.05, 0) is 12.1 Å². The van der Waals surface area contributed by atoms with E-state index in [2.05, 4.69) is 5.32 Å². The van der Waals surface area contributed by atoms with Crippen molar-refractivity contribution >= 4 is 17.8 Å². The molecule has 1 heterocycles. The van der Waals surface area contributed by atoms with Crippen molar-refractivity contribution in [3.8, 4) is 0 Å². The largest absolute Gasteiger partial charge is 0.480 e. The molecule has 8 heteroatoms. The summed E-state index contributed by atoms with van der Waals surface area (Å²) in [5.41, 5.74) is 0. The molecule has 0 aliphatic carbocycles. The van der Waals surface area contributed by atoms with Crippen molar-refractivity contribution in [2.75, 3.05) is 33.4 Å². The van der Waals surface area contributed by atoms with Crippen LogP contribution in [0, 0.1) is 0 Å². The number of hydrogen-bond donors (Lipinski definition) is 2. The van der Waals surface area contributed by atoms with Crippen LogP contribution in [0.25, 0.3) is 0 Å². The zero-order valence-electron chi connectivity index (χ0n) is 11.0. The molecule has 0 aromatic carbocycles. The van der Waals surface area contributed by atoms with E-state index < -0.39 is 24.3 Å². The molecule has 0 radical (unpaired) electrons. The monoisotopic (exact) mass is 284 g/mol. The maximum Gasteiger partial charge on any atom is 0.323 e.